The van der Waals surface area contributed by atoms with Crippen molar-refractivity contribution in [1.82, 2.24) is 4.90 Å². The lowest BCUT2D eigenvalue weighted by atomic mass is 9.90. The highest BCUT2D eigenvalue weighted by Gasteiger charge is 2.29. The van der Waals surface area contributed by atoms with Crippen LogP contribution in [0.2, 0.25) is 0 Å². The molecule has 0 amide bonds. The number of benzene rings is 2. The summed E-state index contributed by atoms with van der Waals surface area (Å²) in [5.74, 6) is -0.0197. The second-order valence-electron chi connectivity index (χ2n) is 7.64. The van der Waals surface area contributed by atoms with Crippen molar-refractivity contribution in [3.05, 3.63) is 58.1 Å². The molecule has 0 bridgehead atoms. The topological polar surface area (TPSA) is 85.2 Å². The Labute approximate surface area is 182 Å². The molecule has 1 heterocycles. The molecule has 166 valence electrons. The van der Waals surface area contributed by atoms with E-state index in [2.05, 4.69) is 21.9 Å². The number of anilines is 1. The molecule has 1 unspecified atom stereocenters. The first-order chi connectivity index (χ1) is 14.9. The molecule has 0 spiro atoms. The smallest absolute Gasteiger partial charge is 0.277 e. The van der Waals surface area contributed by atoms with Crippen LogP contribution in [0.1, 0.15) is 24.8 Å². The largest absolute Gasteiger partial charge is 0.493 e. The van der Waals surface area contributed by atoms with Crippen LogP contribution in [0.3, 0.4) is 0 Å². The van der Waals surface area contributed by atoms with Crippen LogP contribution >= 0.6 is 0 Å². The lowest BCUT2D eigenvalue weighted by Gasteiger charge is -2.36. The number of hydrogen-bond acceptors (Lipinski definition) is 7. The number of Topliss-reactive ketones (excluding diaryl/α,β-unsaturated/α-hetero) is 1. The van der Waals surface area contributed by atoms with E-state index in [9.17, 15) is 14.9 Å². The van der Waals surface area contributed by atoms with Gasteiger partial charge in [0.2, 0.25) is 0 Å². The third-order valence-corrected chi connectivity index (χ3v) is 5.82. The number of carbonyl (C=O) groups is 1. The van der Waals surface area contributed by atoms with Crippen molar-refractivity contribution in [2.45, 2.75) is 19.3 Å². The van der Waals surface area contributed by atoms with Gasteiger partial charge in [0.15, 0.2) is 11.5 Å². The molecule has 0 radical (unpaired) electrons. The first-order valence-corrected chi connectivity index (χ1v) is 10.4. The van der Waals surface area contributed by atoms with E-state index >= 15 is 0 Å². The fourth-order valence-corrected chi connectivity index (χ4v) is 4.08. The maximum atomic E-state index is 12.5. The summed E-state index contributed by atoms with van der Waals surface area (Å²) in [4.78, 5) is 28.3. The zero-order chi connectivity index (χ0) is 22.4. The van der Waals surface area contributed by atoms with E-state index in [1.807, 2.05) is 18.2 Å². The minimum absolute atomic E-state index is 0.0989. The molecular formula is C23H29N3O5. The zero-order valence-electron chi connectivity index (χ0n) is 18.2. The highest BCUT2D eigenvalue weighted by molar-refractivity contribution is 5.85. The van der Waals surface area contributed by atoms with E-state index in [1.165, 1.54) is 32.9 Å². The fourth-order valence-electron chi connectivity index (χ4n) is 4.08. The van der Waals surface area contributed by atoms with Gasteiger partial charge in [-0.25, -0.2) is 0 Å². The molecule has 0 aromatic heterocycles. The maximum absolute atomic E-state index is 12.5. The molecule has 1 atom stereocenters. The van der Waals surface area contributed by atoms with Crippen LogP contribution in [0.5, 0.6) is 11.5 Å². The first-order valence-electron chi connectivity index (χ1n) is 10.4. The average Bonchev–Trinajstić information content (AvgIpc) is 2.79. The van der Waals surface area contributed by atoms with Gasteiger partial charge >= 0.3 is 0 Å². The second kappa shape index (κ2) is 10.3. The molecule has 0 N–H and O–H groups in total. The van der Waals surface area contributed by atoms with Crippen molar-refractivity contribution >= 4 is 17.2 Å². The molecule has 1 aliphatic heterocycles. The fraction of sp³-hybridized carbons (Fsp3) is 0.435. The van der Waals surface area contributed by atoms with Crippen molar-refractivity contribution in [1.29, 1.82) is 0 Å². The summed E-state index contributed by atoms with van der Waals surface area (Å²) in [6.45, 7) is 5.76. The number of nitro groups is 1. The van der Waals surface area contributed by atoms with Gasteiger partial charge in [-0.15, -0.1) is 0 Å². The molecule has 2 aromatic rings. The van der Waals surface area contributed by atoms with Crippen LogP contribution in [0.25, 0.3) is 0 Å². The molecule has 1 saturated heterocycles. The maximum Gasteiger partial charge on any atom is 0.277 e. The van der Waals surface area contributed by atoms with Gasteiger partial charge in [0.05, 0.1) is 31.1 Å². The molecule has 2 aromatic carbocycles. The Morgan fingerprint density at radius 2 is 1.68 bits per heavy atom. The molecule has 0 aliphatic carbocycles. The van der Waals surface area contributed by atoms with Crippen LogP contribution in [-0.2, 0) is 4.79 Å². The normalized spacial score (nSPS) is 15.4. The predicted octanol–water partition coefficient (Wildman–Crippen LogP) is 3.50. The summed E-state index contributed by atoms with van der Waals surface area (Å²) in [7, 11) is 2.90. The van der Waals surface area contributed by atoms with E-state index in [1.54, 1.807) is 6.07 Å². The molecular weight excluding hydrogens is 398 g/mol. The lowest BCUT2D eigenvalue weighted by Crippen LogP contribution is -2.46. The minimum atomic E-state index is -0.577. The van der Waals surface area contributed by atoms with Gasteiger partial charge in [0, 0.05) is 37.4 Å². The van der Waals surface area contributed by atoms with Crippen LogP contribution in [-0.4, -0.2) is 62.5 Å². The Bertz CT molecular complexity index is 911. The number of ketones is 1. The highest BCUT2D eigenvalue weighted by Crippen LogP contribution is 2.39. The minimum Gasteiger partial charge on any atom is -0.493 e. The van der Waals surface area contributed by atoms with Crippen molar-refractivity contribution in [2.75, 3.05) is 51.8 Å². The van der Waals surface area contributed by atoms with Gasteiger partial charge in [-0.3, -0.25) is 19.8 Å². The van der Waals surface area contributed by atoms with Gasteiger partial charge < -0.3 is 14.4 Å². The van der Waals surface area contributed by atoms with Crippen molar-refractivity contribution in [3.63, 3.8) is 0 Å². The predicted molar refractivity (Wildman–Crippen MR) is 119 cm³/mol. The highest BCUT2D eigenvalue weighted by atomic mass is 16.6. The van der Waals surface area contributed by atoms with Crippen LogP contribution in [0.4, 0.5) is 11.4 Å². The quantitative estimate of drug-likeness (QED) is 0.447. The standard InChI is InChI=1S/C23H29N3O5/c1-17(27)19(20-15-22(30-2)23(31-3)16-21(20)26(28)29)9-10-24-11-13-25(14-12-24)18-7-5-4-6-8-18/h4-8,15-16,19H,9-14H2,1-3H3. The summed E-state index contributed by atoms with van der Waals surface area (Å²) in [5, 5.41) is 11.7. The molecule has 8 heteroatoms. The number of rotatable bonds is 9. The number of carbonyl (C=O) groups excluding carboxylic acids is 1. The van der Waals surface area contributed by atoms with Gasteiger partial charge in [-0.1, -0.05) is 18.2 Å². The molecule has 8 nitrogen and oxygen atoms in total. The Balaban J connectivity index is 1.71. The molecule has 1 aliphatic rings. The van der Waals surface area contributed by atoms with Crippen LogP contribution < -0.4 is 14.4 Å². The van der Waals surface area contributed by atoms with E-state index in [4.69, 9.17) is 9.47 Å². The molecule has 3 rings (SSSR count). The third kappa shape index (κ3) is 5.32. The van der Waals surface area contributed by atoms with Crippen LogP contribution in [0, 0.1) is 10.1 Å². The summed E-state index contributed by atoms with van der Waals surface area (Å²) < 4.78 is 10.5. The number of nitrogens with zero attached hydrogens (tertiary/aromatic N) is 3. The number of ether oxygens (including phenoxy) is 2. The summed E-state index contributed by atoms with van der Waals surface area (Å²) in [5.41, 5.74) is 1.47. The van der Waals surface area contributed by atoms with E-state index in [0.29, 0.717) is 24.3 Å². The summed E-state index contributed by atoms with van der Waals surface area (Å²) in [6, 6.07) is 13.2. The van der Waals surface area contributed by atoms with Gasteiger partial charge in [-0.2, -0.15) is 0 Å². The lowest BCUT2D eigenvalue weighted by molar-refractivity contribution is -0.385. The van der Waals surface area contributed by atoms with Crippen molar-refractivity contribution < 1.29 is 19.2 Å². The Hall–Kier alpha value is -3.13. The number of hydrogen-bond donors (Lipinski definition) is 0. The Morgan fingerprint density at radius 1 is 1.06 bits per heavy atom. The zero-order valence-corrected chi connectivity index (χ0v) is 18.2. The molecule has 31 heavy (non-hydrogen) atoms. The van der Waals surface area contributed by atoms with E-state index in [0.717, 1.165) is 26.2 Å². The van der Waals surface area contributed by atoms with Gasteiger partial charge in [0.25, 0.3) is 5.69 Å². The van der Waals surface area contributed by atoms with Crippen molar-refractivity contribution in [3.8, 4) is 11.5 Å². The summed E-state index contributed by atoms with van der Waals surface area (Å²) in [6.07, 6.45) is 0.511. The Morgan fingerprint density at radius 3 is 2.23 bits per heavy atom. The second-order valence-corrected chi connectivity index (χ2v) is 7.64. The number of piperazine rings is 1. The number of methoxy groups -OCH3 is 2. The number of nitro benzene ring substituents is 1. The van der Waals surface area contributed by atoms with Gasteiger partial charge in [0.1, 0.15) is 5.78 Å². The number of para-hydroxylation sites is 1. The third-order valence-electron chi connectivity index (χ3n) is 5.82. The van der Waals surface area contributed by atoms with Crippen LogP contribution in [0.15, 0.2) is 42.5 Å². The molecule has 1 fully saturated rings. The first kappa shape index (κ1) is 22.6. The Kier molecular flexibility index (Phi) is 7.46. The summed E-state index contributed by atoms with van der Waals surface area (Å²) >= 11 is 0. The van der Waals surface area contributed by atoms with Crippen molar-refractivity contribution in [2.24, 2.45) is 0 Å². The van der Waals surface area contributed by atoms with Gasteiger partial charge in [-0.05, 0) is 38.1 Å². The van der Waals surface area contributed by atoms with E-state index < -0.39 is 10.8 Å². The average molecular weight is 428 g/mol. The monoisotopic (exact) mass is 427 g/mol. The molecule has 0 saturated carbocycles. The van der Waals surface area contributed by atoms with E-state index in [-0.39, 0.29) is 17.2 Å². The SMILES string of the molecule is COc1cc(C(CCN2CCN(c3ccccc3)CC2)C(C)=O)c([N+](=O)[O-])cc1OC.